The minimum atomic E-state index is -0.467. The molecule has 1 amide bonds. The smallest absolute Gasteiger partial charge is 0.407 e. The Labute approximate surface area is 94.3 Å². The summed E-state index contributed by atoms with van der Waals surface area (Å²) in [5.41, 5.74) is -0.422. The van der Waals surface area contributed by atoms with Crippen LogP contribution in [-0.2, 0) is 9.53 Å². The molecule has 1 aliphatic carbocycles. The lowest BCUT2D eigenvalue weighted by Crippen LogP contribution is -2.48. The van der Waals surface area contributed by atoms with Crippen molar-refractivity contribution in [3.8, 4) is 0 Å². The zero-order chi connectivity index (χ0) is 11.3. The Balaban J connectivity index is 2.40. The molecule has 1 fully saturated rings. The van der Waals surface area contributed by atoms with E-state index in [-0.39, 0.29) is 11.7 Å². The Kier molecular flexibility index (Phi) is 4.39. The van der Waals surface area contributed by atoms with Gasteiger partial charge in [-0.3, -0.25) is 4.79 Å². The van der Waals surface area contributed by atoms with Gasteiger partial charge in [0.15, 0.2) is 5.78 Å². The number of nitrogens with one attached hydrogen (secondary N) is 1. The number of ether oxygens (including phenoxy) is 1. The SMILES string of the molecule is CCOC(=O)NCC1(C(=O)CCl)CCC1. The Morgan fingerprint density at radius 3 is 2.53 bits per heavy atom. The summed E-state index contributed by atoms with van der Waals surface area (Å²) in [4.78, 5) is 22.6. The molecule has 1 rings (SSSR count). The molecular weight excluding hydrogens is 218 g/mol. The summed E-state index contributed by atoms with van der Waals surface area (Å²) in [6, 6.07) is 0. The van der Waals surface area contributed by atoms with Crippen LogP contribution in [0.4, 0.5) is 4.79 Å². The maximum Gasteiger partial charge on any atom is 0.407 e. The number of amides is 1. The van der Waals surface area contributed by atoms with E-state index in [1.54, 1.807) is 6.92 Å². The number of carbonyl (C=O) groups is 2. The standard InChI is InChI=1S/C10H16ClNO3/c1-2-15-9(14)12-7-10(4-3-5-10)8(13)6-11/h2-7H2,1H3,(H,12,14). The van der Waals surface area contributed by atoms with E-state index in [0.29, 0.717) is 13.2 Å². The van der Waals surface area contributed by atoms with Gasteiger partial charge < -0.3 is 10.1 Å². The van der Waals surface area contributed by atoms with Crippen LogP contribution in [0.2, 0.25) is 0 Å². The first-order valence-electron chi connectivity index (χ1n) is 5.14. The first-order valence-corrected chi connectivity index (χ1v) is 5.68. The number of hydrogen-bond donors (Lipinski definition) is 1. The highest BCUT2D eigenvalue weighted by molar-refractivity contribution is 6.28. The van der Waals surface area contributed by atoms with Gasteiger partial charge in [0.25, 0.3) is 0 Å². The van der Waals surface area contributed by atoms with Crippen molar-refractivity contribution in [2.45, 2.75) is 26.2 Å². The summed E-state index contributed by atoms with van der Waals surface area (Å²) in [6.07, 6.45) is 2.18. The summed E-state index contributed by atoms with van der Waals surface area (Å²) < 4.78 is 4.72. The molecule has 0 aromatic rings. The second kappa shape index (κ2) is 5.35. The Bertz CT molecular complexity index is 251. The first-order chi connectivity index (χ1) is 7.14. The molecule has 1 saturated carbocycles. The van der Waals surface area contributed by atoms with Gasteiger partial charge in [0.2, 0.25) is 0 Å². The van der Waals surface area contributed by atoms with Gasteiger partial charge in [-0.15, -0.1) is 11.6 Å². The predicted octanol–water partition coefficient (Wildman–Crippen LogP) is 1.71. The fraction of sp³-hybridized carbons (Fsp3) is 0.800. The van der Waals surface area contributed by atoms with Crippen LogP contribution in [0, 0.1) is 5.41 Å². The summed E-state index contributed by atoms with van der Waals surface area (Å²) in [5.74, 6) is 0.0389. The number of halogens is 1. The molecule has 0 heterocycles. The molecular formula is C10H16ClNO3. The molecule has 1 N–H and O–H groups in total. The minimum absolute atomic E-state index is 0.0184. The number of rotatable bonds is 5. The predicted molar refractivity (Wildman–Crippen MR) is 57.0 cm³/mol. The van der Waals surface area contributed by atoms with E-state index in [4.69, 9.17) is 16.3 Å². The van der Waals surface area contributed by atoms with E-state index in [2.05, 4.69) is 5.32 Å². The van der Waals surface area contributed by atoms with Crippen molar-refractivity contribution in [3.63, 3.8) is 0 Å². The number of ketones is 1. The third-order valence-electron chi connectivity index (χ3n) is 2.87. The maximum absolute atomic E-state index is 11.6. The second-order valence-electron chi connectivity index (χ2n) is 3.76. The zero-order valence-corrected chi connectivity index (χ0v) is 9.60. The molecule has 1 aliphatic rings. The molecule has 0 bridgehead atoms. The van der Waals surface area contributed by atoms with Crippen LogP contribution in [0.25, 0.3) is 0 Å². The summed E-state index contributed by atoms with van der Waals surface area (Å²) >= 11 is 5.53. The largest absolute Gasteiger partial charge is 0.450 e. The fourth-order valence-electron chi connectivity index (χ4n) is 1.72. The molecule has 0 radical (unpaired) electrons. The fourth-order valence-corrected chi connectivity index (χ4v) is 2.01. The highest BCUT2D eigenvalue weighted by Crippen LogP contribution is 2.41. The van der Waals surface area contributed by atoms with Crippen molar-refractivity contribution < 1.29 is 14.3 Å². The van der Waals surface area contributed by atoms with E-state index in [0.717, 1.165) is 19.3 Å². The third-order valence-corrected chi connectivity index (χ3v) is 3.11. The highest BCUT2D eigenvalue weighted by atomic mass is 35.5. The maximum atomic E-state index is 11.6. The molecule has 0 saturated heterocycles. The topological polar surface area (TPSA) is 55.4 Å². The number of alkyl carbamates (subject to hydrolysis) is 1. The van der Waals surface area contributed by atoms with Crippen molar-refractivity contribution in [1.82, 2.24) is 5.32 Å². The zero-order valence-electron chi connectivity index (χ0n) is 8.85. The van der Waals surface area contributed by atoms with E-state index in [1.807, 2.05) is 0 Å². The molecule has 0 atom stereocenters. The van der Waals surface area contributed by atoms with Crippen LogP contribution in [0.1, 0.15) is 26.2 Å². The molecule has 86 valence electrons. The molecule has 4 nitrogen and oxygen atoms in total. The Morgan fingerprint density at radius 2 is 2.13 bits per heavy atom. The second-order valence-corrected chi connectivity index (χ2v) is 4.03. The van der Waals surface area contributed by atoms with Gasteiger partial charge in [-0.05, 0) is 19.8 Å². The monoisotopic (exact) mass is 233 g/mol. The molecule has 15 heavy (non-hydrogen) atoms. The van der Waals surface area contributed by atoms with Crippen LogP contribution in [0.5, 0.6) is 0 Å². The Morgan fingerprint density at radius 1 is 1.47 bits per heavy atom. The van der Waals surface area contributed by atoms with Gasteiger partial charge in [-0.25, -0.2) is 4.79 Å². The van der Waals surface area contributed by atoms with Crippen LogP contribution in [0.3, 0.4) is 0 Å². The van der Waals surface area contributed by atoms with Crippen LogP contribution < -0.4 is 5.32 Å². The molecule has 0 aromatic carbocycles. The molecule has 5 heteroatoms. The van der Waals surface area contributed by atoms with Crippen molar-refractivity contribution in [3.05, 3.63) is 0 Å². The van der Waals surface area contributed by atoms with Crippen molar-refractivity contribution in [2.24, 2.45) is 5.41 Å². The minimum Gasteiger partial charge on any atom is -0.450 e. The van der Waals surface area contributed by atoms with E-state index in [1.165, 1.54) is 0 Å². The summed E-state index contributed by atoms with van der Waals surface area (Å²) in [5, 5.41) is 2.60. The average Bonchev–Trinajstić information content (AvgIpc) is 2.16. The lowest BCUT2D eigenvalue weighted by Gasteiger charge is -2.39. The number of Topliss-reactive ketones (excluding diaryl/α,β-unsaturated/α-hetero) is 1. The van der Waals surface area contributed by atoms with Crippen LogP contribution >= 0.6 is 11.6 Å². The molecule has 0 spiro atoms. The number of alkyl halides is 1. The van der Waals surface area contributed by atoms with Crippen LogP contribution in [0.15, 0.2) is 0 Å². The average molecular weight is 234 g/mol. The summed E-state index contributed by atoms with van der Waals surface area (Å²) in [6.45, 7) is 2.42. The normalized spacial score (nSPS) is 17.7. The quantitative estimate of drug-likeness (QED) is 0.736. The third kappa shape index (κ3) is 2.84. The number of hydrogen-bond acceptors (Lipinski definition) is 3. The van der Waals surface area contributed by atoms with Crippen molar-refractivity contribution in [2.75, 3.05) is 19.0 Å². The van der Waals surface area contributed by atoms with Crippen molar-refractivity contribution >= 4 is 23.5 Å². The van der Waals surface area contributed by atoms with Gasteiger partial charge in [0.05, 0.1) is 12.5 Å². The van der Waals surface area contributed by atoms with Gasteiger partial charge in [0.1, 0.15) is 0 Å². The number of carbonyl (C=O) groups excluding carboxylic acids is 2. The van der Waals surface area contributed by atoms with Gasteiger partial charge >= 0.3 is 6.09 Å². The summed E-state index contributed by atoms with van der Waals surface area (Å²) in [7, 11) is 0. The van der Waals surface area contributed by atoms with Gasteiger partial charge in [-0.1, -0.05) is 6.42 Å². The van der Waals surface area contributed by atoms with E-state index < -0.39 is 11.5 Å². The highest BCUT2D eigenvalue weighted by Gasteiger charge is 2.43. The van der Waals surface area contributed by atoms with Crippen molar-refractivity contribution in [1.29, 1.82) is 0 Å². The molecule has 0 aliphatic heterocycles. The first kappa shape index (κ1) is 12.3. The molecule has 0 unspecified atom stereocenters. The van der Waals surface area contributed by atoms with Gasteiger partial charge in [-0.2, -0.15) is 0 Å². The van der Waals surface area contributed by atoms with E-state index >= 15 is 0 Å². The van der Waals surface area contributed by atoms with Gasteiger partial charge in [0, 0.05) is 12.0 Å². The van der Waals surface area contributed by atoms with Crippen LogP contribution in [-0.4, -0.2) is 30.9 Å². The molecule has 0 aromatic heterocycles. The Hall–Kier alpha value is -0.770. The lowest BCUT2D eigenvalue weighted by molar-refractivity contribution is -0.130. The lowest BCUT2D eigenvalue weighted by atomic mass is 9.66. The van der Waals surface area contributed by atoms with E-state index in [9.17, 15) is 9.59 Å².